The molecule has 2 rings (SSSR count). The molecule has 0 radical (unpaired) electrons. The van der Waals surface area contributed by atoms with E-state index < -0.39 is 5.82 Å². The maximum Gasteiger partial charge on any atom is 0.140 e. The van der Waals surface area contributed by atoms with Gasteiger partial charge in [-0.25, -0.2) is 4.39 Å². The summed E-state index contributed by atoms with van der Waals surface area (Å²) in [7, 11) is 1.59. The molecular formula is C14H18FN3O. The van der Waals surface area contributed by atoms with Gasteiger partial charge in [-0.15, -0.1) is 0 Å². The third-order valence-electron chi connectivity index (χ3n) is 3.72. The summed E-state index contributed by atoms with van der Waals surface area (Å²) in [4.78, 5) is 0. The molecule has 1 fully saturated rings. The van der Waals surface area contributed by atoms with Crippen LogP contribution in [0.5, 0.6) is 0 Å². The van der Waals surface area contributed by atoms with Crippen molar-refractivity contribution in [2.24, 2.45) is 11.7 Å². The summed E-state index contributed by atoms with van der Waals surface area (Å²) < 4.78 is 18.4. The fourth-order valence-electron chi connectivity index (χ4n) is 2.62. The van der Waals surface area contributed by atoms with Crippen molar-refractivity contribution >= 4 is 0 Å². The van der Waals surface area contributed by atoms with Crippen molar-refractivity contribution < 1.29 is 9.13 Å². The summed E-state index contributed by atoms with van der Waals surface area (Å²) in [6.45, 7) is 1.68. The van der Waals surface area contributed by atoms with Gasteiger partial charge >= 0.3 is 0 Å². The molecule has 3 unspecified atom stereocenters. The molecule has 1 aliphatic rings. The number of methoxy groups -OCH3 is 1. The minimum absolute atomic E-state index is 0.0965. The molecule has 4 nitrogen and oxygen atoms in total. The van der Waals surface area contributed by atoms with E-state index in [0.717, 1.165) is 25.1 Å². The molecule has 1 aromatic rings. The molecule has 1 aliphatic heterocycles. The summed E-state index contributed by atoms with van der Waals surface area (Å²) in [5.74, 6) is 0.114. The quantitative estimate of drug-likeness (QED) is 0.804. The Balaban J connectivity index is 2.18. The van der Waals surface area contributed by atoms with Crippen LogP contribution in [0.4, 0.5) is 4.39 Å². The number of rotatable bonds is 4. The number of benzene rings is 1. The maximum absolute atomic E-state index is 13.3. The second-order valence-corrected chi connectivity index (χ2v) is 4.89. The Labute approximate surface area is 112 Å². The zero-order chi connectivity index (χ0) is 13.8. The van der Waals surface area contributed by atoms with Gasteiger partial charge in [0.2, 0.25) is 0 Å². The molecule has 19 heavy (non-hydrogen) atoms. The Morgan fingerprint density at radius 3 is 3.05 bits per heavy atom. The Kier molecular flexibility index (Phi) is 4.48. The molecule has 1 aromatic carbocycles. The summed E-state index contributed by atoms with van der Waals surface area (Å²) >= 11 is 0. The molecule has 0 amide bonds. The van der Waals surface area contributed by atoms with E-state index in [2.05, 4.69) is 5.32 Å². The molecule has 3 atom stereocenters. The lowest BCUT2D eigenvalue weighted by molar-refractivity contribution is 0.0856. The number of ether oxygens (including phenoxy) is 1. The standard InChI is InChI=1S/C14H18FN3O/c1-19-14(17)5-11-7-18-8-12(11)9-2-3-13(15)10(4-9)6-16/h2-4,11-12,14,18H,5,7-8,17H2,1H3. The Hall–Kier alpha value is -1.48. The molecule has 0 aliphatic carbocycles. The van der Waals surface area contributed by atoms with Crippen LogP contribution in [-0.4, -0.2) is 26.4 Å². The van der Waals surface area contributed by atoms with E-state index in [0.29, 0.717) is 5.92 Å². The Morgan fingerprint density at radius 1 is 1.58 bits per heavy atom. The van der Waals surface area contributed by atoms with E-state index in [9.17, 15) is 4.39 Å². The van der Waals surface area contributed by atoms with Gasteiger partial charge in [-0.3, -0.25) is 0 Å². The van der Waals surface area contributed by atoms with Crippen molar-refractivity contribution in [1.82, 2.24) is 5.32 Å². The number of hydrogen-bond donors (Lipinski definition) is 2. The van der Waals surface area contributed by atoms with Crippen molar-refractivity contribution in [3.8, 4) is 6.07 Å². The molecule has 1 saturated heterocycles. The smallest absolute Gasteiger partial charge is 0.140 e. The van der Waals surface area contributed by atoms with Gasteiger partial charge in [0.15, 0.2) is 0 Å². The lowest BCUT2D eigenvalue weighted by Gasteiger charge is -2.21. The van der Waals surface area contributed by atoms with Crippen LogP contribution in [0.3, 0.4) is 0 Å². The largest absolute Gasteiger partial charge is 0.367 e. The van der Waals surface area contributed by atoms with E-state index in [-0.39, 0.29) is 17.7 Å². The van der Waals surface area contributed by atoms with Gasteiger partial charge in [-0.2, -0.15) is 5.26 Å². The first-order valence-electron chi connectivity index (χ1n) is 6.34. The molecule has 0 spiro atoms. The first kappa shape index (κ1) is 13.9. The van der Waals surface area contributed by atoms with E-state index >= 15 is 0 Å². The van der Waals surface area contributed by atoms with Crippen molar-refractivity contribution in [3.05, 3.63) is 35.1 Å². The molecule has 3 N–H and O–H groups in total. The first-order valence-corrected chi connectivity index (χ1v) is 6.34. The van der Waals surface area contributed by atoms with Crippen LogP contribution in [0.25, 0.3) is 0 Å². The lowest BCUT2D eigenvalue weighted by Crippen LogP contribution is -2.28. The SMILES string of the molecule is COC(N)CC1CNCC1c1ccc(F)c(C#N)c1. The van der Waals surface area contributed by atoms with Gasteiger partial charge in [0.05, 0.1) is 5.56 Å². The van der Waals surface area contributed by atoms with Crippen molar-refractivity contribution in [2.45, 2.75) is 18.6 Å². The van der Waals surface area contributed by atoms with Crippen molar-refractivity contribution in [1.29, 1.82) is 5.26 Å². The van der Waals surface area contributed by atoms with Gasteiger partial charge in [0.1, 0.15) is 18.1 Å². The highest BCUT2D eigenvalue weighted by Gasteiger charge is 2.30. The third-order valence-corrected chi connectivity index (χ3v) is 3.72. The van der Waals surface area contributed by atoms with E-state index in [1.807, 2.05) is 6.07 Å². The Bertz CT molecular complexity index is 486. The molecule has 5 heteroatoms. The van der Waals surface area contributed by atoms with E-state index in [1.165, 1.54) is 6.07 Å². The normalized spacial score (nSPS) is 24.1. The average molecular weight is 263 g/mol. The summed E-state index contributed by atoms with van der Waals surface area (Å²) in [6, 6.07) is 6.63. The van der Waals surface area contributed by atoms with Crippen LogP contribution in [0.2, 0.25) is 0 Å². The summed E-state index contributed by atoms with van der Waals surface area (Å²) in [6.07, 6.45) is 0.455. The van der Waals surface area contributed by atoms with Crippen LogP contribution in [0.15, 0.2) is 18.2 Å². The van der Waals surface area contributed by atoms with Crippen LogP contribution in [0.1, 0.15) is 23.5 Å². The summed E-state index contributed by atoms with van der Waals surface area (Å²) in [5.41, 5.74) is 6.89. The molecule has 102 valence electrons. The molecule has 0 aromatic heterocycles. The third kappa shape index (κ3) is 3.10. The van der Waals surface area contributed by atoms with Gasteiger partial charge in [-0.1, -0.05) is 6.07 Å². The molecular weight excluding hydrogens is 245 g/mol. The zero-order valence-corrected chi connectivity index (χ0v) is 10.9. The predicted molar refractivity (Wildman–Crippen MR) is 69.8 cm³/mol. The second-order valence-electron chi connectivity index (χ2n) is 4.89. The minimum atomic E-state index is -0.470. The fourth-order valence-corrected chi connectivity index (χ4v) is 2.62. The van der Waals surface area contributed by atoms with E-state index in [1.54, 1.807) is 19.2 Å². The highest BCUT2D eigenvalue weighted by Crippen LogP contribution is 2.31. The topological polar surface area (TPSA) is 71.1 Å². The van der Waals surface area contributed by atoms with Crippen LogP contribution in [-0.2, 0) is 4.74 Å². The van der Waals surface area contributed by atoms with Gasteiger partial charge in [0.25, 0.3) is 0 Å². The van der Waals surface area contributed by atoms with Crippen LogP contribution in [0, 0.1) is 23.1 Å². The number of nitriles is 1. The second kappa shape index (κ2) is 6.11. The lowest BCUT2D eigenvalue weighted by atomic mass is 9.86. The maximum atomic E-state index is 13.3. The Morgan fingerprint density at radius 2 is 2.37 bits per heavy atom. The number of halogens is 1. The molecule has 1 heterocycles. The number of nitrogens with two attached hydrogens (primary N) is 1. The molecule has 0 bridgehead atoms. The first-order chi connectivity index (χ1) is 9.15. The van der Waals surface area contributed by atoms with Crippen LogP contribution < -0.4 is 11.1 Å². The summed E-state index contributed by atoms with van der Waals surface area (Å²) in [5, 5.41) is 12.2. The monoisotopic (exact) mass is 263 g/mol. The number of nitrogens with zero attached hydrogens (tertiary/aromatic N) is 1. The van der Waals surface area contributed by atoms with E-state index in [4.69, 9.17) is 15.7 Å². The highest BCUT2D eigenvalue weighted by molar-refractivity contribution is 5.36. The van der Waals surface area contributed by atoms with Gasteiger partial charge in [0, 0.05) is 19.6 Å². The fraction of sp³-hybridized carbons (Fsp3) is 0.500. The van der Waals surface area contributed by atoms with Gasteiger partial charge < -0.3 is 15.8 Å². The van der Waals surface area contributed by atoms with Crippen LogP contribution >= 0.6 is 0 Å². The average Bonchev–Trinajstić information content (AvgIpc) is 2.87. The number of hydrogen-bond acceptors (Lipinski definition) is 4. The zero-order valence-electron chi connectivity index (χ0n) is 10.9. The highest BCUT2D eigenvalue weighted by atomic mass is 19.1. The van der Waals surface area contributed by atoms with Gasteiger partial charge in [-0.05, 0) is 36.6 Å². The predicted octanol–water partition coefficient (Wildman–Crippen LogP) is 1.32. The minimum Gasteiger partial charge on any atom is -0.367 e. The van der Waals surface area contributed by atoms with Crippen molar-refractivity contribution in [3.63, 3.8) is 0 Å². The molecule has 0 saturated carbocycles. The van der Waals surface area contributed by atoms with Crippen molar-refractivity contribution in [2.75, 3.05) is 20.2 Å². The number of nitrogens with one attached hydrogen (secondary N) is 1.